The molecule has 1 N–H and O–H groups in total. The summed E-state index contributed by atoms with van der Waals surface area (Å²) >= 11 is 0. The Morgan fingerprint density at radius 2 is 2.00 bits per heavy atom. The quantitative estimate of drug-likeness (QED) is 0.909. The third-order valence-corrected chi connectivity index (χ3v) is 3.67. The predicted molar refractivity (Wildman–Crippen MR) is 71.8 cm³/mol. The third-order valence-electron chi connectivity index (χ3n) is 3.67. The lowest BCUT2D eigenvalue weighted by molar-refractivity contribution is -0.131. The molecule has 1 unspecified atom stereocenters. The molecule has 19 heavy (non-hydrogen) atoms. The summed E-state index contributed by atoms with van der Waals surface area (Å²) in [6.45, 7) is 3.55. The van der Waals surface area contributed by atoms with Gasteiger partial charge in [-0.2, -0.15) is 0 Å². The van der Waals surface area contributed by atoms with Crippen LogP contribution in [0.2, 0.25) is 0 Å². The van der Waals surface area contributed by atoms with Crippen molar-refractivity contribution in [3.63, 3.8) is 0 Å². The van der Waals surface area contributed by atoms with Gasteiger partial charge in [-0.1, -0.05) is 19.1 Å². The Bertz CT molecular complexity index is 467. The van der Waals surface area contributed by atoms with E-state index in [4.69, 9.17) is 5.11 Å². The molecule has 0 aromatic heterocycles. The Morgan fingerprint density at radius 3 is 2.63 bits per heavy atom. The second-order valence-electron chi connectivity index (χ2n) is 5.25. The van der Waals surface area contributed by atoms with Crippen LogP contribution in [0.1, 0.15) is 42.1 Å². The van der Waals surface area contributed by atoms with E-state index in [0.29, 0.717) is 18.9 Å². The SMILES string of the molecule is CC1CCC(=O)N(Cc2ccc(C(=O)O)cc2)CC1. The monoisotopic (exact) mass is 261 g/mol. The molecular weight excluding hydrogens is 242 g/mol. The van der Waals surface area contributed by atoms with Crippen molar-refractivity contribution >= 4 is 11.9 Å². The number of amides is 1. The van der Waals surface area contributed by atoms with Crippen LogP contribution in [0.3, 0.4) is 0 Å². The van der Waals surface area contributed by atoms with Crippen LogP contribution in [0.25, 0.3) is 0 Å². The highest BCUT2D eigenvalue weighted by Crippen LogP contribution is 2.19. The van der Waals surface area contributed by atoms with Gasteiger partial charge in [-0.05, 0) is 36.5 Å². The second kappa shape index (κ2) is 5.87. The fraction of sp³-hybridized carbons (Fsp3) is 0.467. The first-order valence-electron chi connectivity index (χ1n) is 6.66. The van der Waals surface area contributed by atoms with Crippen LogP contribution < -0.4 is 0 Å². The number of likely N-dealkylation sites (tertiary alicyclic amines) is 1. The standard InChI is InChI=1S/C15H19NO3/c1-11-2-7-14(17)16(9-8-11)10-12-3-5-13(6-4-12)15(18)19/h3-6,11H,2,7-10H2,1H3,(H,18,19). The molecule has 102 valence electrons. The van der Waals surface area contributed by atoms with Crippen LogP contribution in [0.5, 0.6) is 0 Å². The zero-order valence-electron chi connectivity index (χ0n) is 11.1. The van der Waals surface area contributed by atoms with E-state index in [9.17, 15) is 9.59 Å². The van der Waals surface area contributed by atoms with Gasteiger partial charge < -0.3 is 10.0 Å². The van der Waals surface area contributed by atoms with Gasteiger partial charge in [0.2, 0.25) is 5.91 Å². The van der Waals surface area contributed by atoms with E-state index < -0.39 is 5.97 Å². The first-order valence-corrected chi connectivity index (χ1v) is 6.66. The molecule has 2 rings (SSSR count). The summed E-state index contributed by atoms with van der Waals surface area (Å²) in [4.78, 5) is 24.6. The van der Waals surface area contributed by atoms with Gasteiger partial charge in [-0.3, -0.25) is 4.79 Å². The maximum absolute atomic E-state index is 12.0. The average Bonchev–Trinajstić information content (AvgIpc) is 2.55. The topological polar surface area (TPSA) is 57.6 Å². The van der Waals surface area contributed by atoms with Crippen LogP contribution in [-0.2, 0) is 11.3 Å². The predicted octanol–water partition coefficient (Wildman–Crippen LogP) is 2.53. The summed E-state index contributed by atoms with van der Waals surface area (Å²) in [5.74, 6) is -0.124. The minimum atomic E-state index is -0.925. The summed E-state index contributed by atoms with van der Waals surface area (Å²) < 4.78 is 0. The van der Waals surface area contributed by atoms with Crippen LogP contribution >= 0.6 is 0 Å². The van der Waals surface area contributed by atoms with Gasteiger partial charge in [-0.15, -0.1) is 0 Å². The lowest BCUT2D eigenvalue weighted by Crippen LogP contribution is -2.29. The molecule has 0 radical (unpaired) electrons. The number of benzene rings is 1. The van der Waals surface area contributed by atoms with E-state index in [1.54, 1.807) is 24.3 Å². The number of nitrogens with zero attached hydrogens (tertiary/aromatic N) is 1. The van der Waals surface area contributed by atoms with Crippen LogP contribution in [0, 0.1) is 5.92 Å². The molecule has 1 heterocycles. The van der Waals surface area contributed by atoms with Crippen LogP contribution in [0.15, 0.2) is 24.3 Å². The fourth-order valence-corrected chi connectivity index (χ4v) is 2.31. The molecule has 1 fully saturated rings. The number of carboxylic acid groups (broad SMARTS) is 1. The molecular formula is C15H19NO3. The van der Waals surface area contributed by atoms with Gasteiger partial charge >= 0.3 is 5.97 Å². The Hall–Kier alpha value is -1.84. The van der Waals surface area contributed by atoms with Crippen molar-refractivity contribution in [1.29, 1.82) is 0 Å². The summed E-state index contributed by atoms with van der Waals surface area (Å²) in [5, 5.41) is 8.84. The van der Waals surface area contributed by atoms with E-state index in [0.717, 1.165) is 24.9 Å². The number of carbonyl (C=O) groups is 2. The molecule has 1 aliphatic heterocycles. The molecule has 1 saturated heterocycles. The molecule has 0 bridgehead atoms. The summed E-state index contributed by atoms with van der Waals surface area (Å²) in [5.41, 5.74) is 1.26. The first kappa shape index (κ1) is 13.6. The van der Waals surface area contributed by atoms with E-state index in [2.05, 4.69) is 6.92 Å². The zero-order valence-corrected chi connectivity index (χ0v) is 11.1. The second-order valence-corrected chi connectivity index (χ2v) is 5.25. The van der Waals surface area contributed by atoms with Crippen LogP contribution in [0.4, 0.5) is 0 Å². The maximum atomic E-state index is 12.0. The largest absolute Gasteiger partial charge is 0.478 e. The van der Waals surface area contributed by atoms with E-state index in [1.165, 1.54) is 0 Å². The Labute approximate surface area is 113 Å². The number of aromatic carboxylic acids is 1. The molecule has 4 heteroatoms. The molecule has 4 nitrogen and oxygen atoms in total. The van der Waals surface area contributed by atoms with Crippen molar-refractivity contribution < 1.29 is 14.7 Å². The molecule has 0 spiro atoms. The molecule has 0 aliphatic carbocycles. The Balaban J connectivity index is 2.03. The van der Waals surface area contributed by atoms with Gasteiger partial charge in [0.1, 0.15) is 0 Å². The molecule has 1 aromatic carbocycles. The van der Waals surface area contributed by atoms with Gasteiger partial charge in [0.15, 0.2) is 0 Å². The van der Waals surface area contributed by atoms with Crippen LogP contribution in [-0.4, -0.2) is 28.4 Å². The molecule has 1 atom stereocenters. The molecule has 1 amide bonds. The first-order chi connectivity index (χ1) is 9.06. The Kier molecular flexibility index (Phi) is 4.20. The third kappa shape index (κ3) is 3.56. The Morgan fingerprint density at radius 1 is 1.32 bits per heavy atom. The smallest absolute Gasteiger partial charge is 0.335 e. The van der Waals surface area contributed by atoms with E-state index >= 15 is 0 Å². The van der Waals surface area contributed by atoms with E-state index in [1.807, 2.05) is 4.90 Å². The minimum Gasteiger partial charge on any atom is -0.478 e. The van der Waals surface area contributed by atoms with Crippen molar-refractivity contribution in [2.45, 2.75) is 32.7 Å². The number of hydrogen-bond acceptors (Lipinski definition) is 2. The number of rotatable bonds is 3. The number of carbonyl (C=O) groups excluding carboxylic acids is 1. The van der Waals surface area contributed by atoms with Gasteiger partial charge in [0.05, 0.1) is 5.56 Å². The van der Waals surface area contributed by atoms with Crippen molar-refractivity contribution in [3.8, 4) is 0 Å². The van der Waals surface area contributed by atoms with Gasteiger partial charge in [0, 0.05) is 19.5 Å². The molecule has 0 saturated carbocycles. The van der Waals surface area contributed by atoms with E-state index in [-0.39, 0.29) is 11.5 Å². The average molecular weight is 261 g/mol. The molecule has 1 aliphatic rings. The lowest BCUT2D eigenvalue weighted by Gasteiger charge is -2.20. The summed E-state index contributed by atoms with van der Waals surface area (Å²) in [7, 11) is 0. The number of hydrogen-bond donors (Lipinski definition) is 1. The minimum absolute atomic E-state index is 0.201. The summed E-state index contributed by atoms with van der Waals surface area (Å²) in [6, 6.07) is 6.74. The number of carboxylic acids is 1. The molecule has 1 aromatic rings. The van der Waals surface area contributed by atoms with Crippen molar-refractivity contribution in [2.75, 3.05) is 6.54 Å². The fourth-order valence-electron chi connectivity index (χ4n) is 2.31. The highest BCUT2D eigenvalue weighted by molar-refractivity contribution is 5.87. The maximum Gasteiger partial charge on any atom is 0.335 e. The lowest BCUT2D eigenvalue weighted by atomic mass is 10.0. The van der Waals surface area contributed by atoms with Crippen molar-refractivity contribution in [3.05, 3.63) is 35.4 Å². The van der Waals surface area contributed by atoms with Crippen molar-refractivity contribution in [1.82, 2.24) is 4.90 Å². The van der Waals surface area contributed by atoms with Crippen molar-refractivity contribution in [2.24, 2.45) is 5.92 Å². The zero-order chi connectivity index (χ0) is 13.8. The van der Waals surface area contributed by atoms with Gasteiger partial charge in [-0.25, -0.2) is 4.79 Å². The highest BCUT2D eigenvalue weighted by Gasteiger charge is 2.20. The van der Waals surface area contributed by atoms with Gasteiger partial charge in [0.25, 0.3) is 0 Å². The normalized spacial score (nSPS) is 20.2. The highest BCUT2D eigenvalue weighted by atomic mass is 16.4. The summed E-state index contributed by atoms with van der Waals surface area (Å²) in [6.07, 6.45) is 2.63.